The summed E-state index contributed by atoms with van der Waals surface area (Å²) < 4.78 is 0. The summed E-state index contributed by atoms with van der Waals surface area (Å²) in [6.07, 6.45) is 9.10. The first kappa shape index (κ1) is 16.8. The number of aliphatic hydroxyl groups is 1. The Morgan fingerprint density at radius 1 is 1.30 bits per heavy atom. The molecule has 0 aliphatic heterocycles. The molecule has 3 rings (SSSR count). The van der Waals surface area contributed by atoms with Gasteiger partial charge in [0, 0.05) is 5.41 Å². The minimum Gasteiger partial charge on any atom is -0.481 e. The Labute approximate surface area is 139 Å². The van der Waals surface area contributed by atoms with Crippen molar-refractivity contribution in [2.45, 2.75) is 65.4 Å². The predicted molar refractivity (Wildman–Crippen MR) is 90.9 cm³/mol. The van der Waals surface area contributed by atoms with E-state index in [2.05, 4.69) is 26.5 Å². The molecule has 0 spiro atoms. The van der Waals surface area contributed by atoms with Crippen molar-refractivity contribution in [1.82, 2.24) is 0 Å². The number of fused-ring (bicyclic) bond motifs is 3. The lowest BCUT2D eigenvalue weighted by molar-refractivity contribution is -0.168. The molecule has 23 heavy (non-hydrogen) atoms. The third-order valence-electron chi connectivity index (χ3n) is 7.44. The van der Waals surface area contributed by atoms with Crippen molar-refractivity contribution in [2.24, 2.45) is 28.1 Å². The molecule has 0 radical (unpaired) electrons. The molecule has 3 aliphatic rings. The molecule has 2 N–H and O–H groups in total. The predicted octanol–water partition coefficient (Wildman–Crippen LogP) is 4.18. The summed E-state index contributed by atoms with van der Waals surface area (Å²) in [6.45, 7) is 10.3. The standard InChI is InChI=1S/C20H30O3/c1-5-18(2)10-7-14-13(12-18)15(21)11-16-19(14,3)8-6-9-20(16,4)17(22)23/h5,12,14-16,21H,1,6-11H2,2-4H3,(H,22,23)/t14-,15+,16-,18-,19+,20+/m0/s1. The van der Waals surface area contributed by atoms with E-state index in [0.717, 1.165) is 37.7 Å². The van der Waals surface area contributed by atoms with Crippen molar-refractivity contribution in [3.8, 4) is 0 Å². The zero-order valence-electron chi connectivity index (χ0n) is 14.6. The maximum atomic E-state index is 12.0. The van der Waals surface area contributed by atoms with Gasteiger partial charge in [-0.2, -0.15) is 0 Å². The molecule has 0 saturated heterocycles. The zero-order chi connectivity index (χ0) is 17.0. The number of carbonyl (C=O) groups is 1. The number of aliphatic carboxylic acids is 1. The SMILES string of the molecule is C=C[C@]1(C)C=C2[C@H](O)C[C@H]3[C@](C)(CCC[C@@]3(C)C(=O)O)[C@H]2CC1. The van der Waals surface area contributed by atoms with Gasteiger partial charge in [-0.15, -0.1) is 6.58 Å². The van der Waals surface area contributed by atoms with E-state index in [-0.39, 0.29) is 16.7 Å². The quantitative estimate of drug-likeness (QED) is 0.751. The molecule has 0 aromatic rings. The highest BCUT2D eigenvalue weighted by molar-refractivity contribution is 5.75. The fourth-order valence-electron chi connectivity index (χ4n) is 5.85. The molecule has 0 amide bonds. The van der Waals surface area contributed by atoms with E-state index < -0.39 is 17.5 Å². The largest absolute Gasteiger partial charge is 0.481 e. The van der Waals surface area contributed by atoms with Gasteiger partial charge in [0.2, 0.25) is 0 Å². The van der Waals surface area contributed by atoms with Crippen LogP contribution in [0.1, 0.15) is 59.3 Å². The lowest BCUT2D eigenvalue weighted by Gasteiger charge is -2.60. The molecule has 2 saturated carbocycles. The molecule has 0 bridgehead atoms. The Morgan fingerprint density at radius 3 is 2.61 bits per heavy atom. The monoisotopic (exact) mass is 318 g/mol. The van der Waals surface area contributed by atoms with Gasteiger partial charge in [-0.1, -0.05) is 32.4 Å². The van der Waals surface area contributed by atoms with E-state index in [4.69, 9.17) is 0 Å². The molecule has 128 valence electrons. The first-order chi connectivity index (χ1) is 10.7. The highest BCUT2D eigenvalue weighted by atomic mass is 16.4. The molecule has 0 aromatic carbocycles. The third kappa shape index (κ3) is 2.31. The smallest absolute Gasteiger partial charge is 0.309 e. The van der Waals surface area contributed by atoms with Crippen LogP contribution in [0.15, 0.2) is 24.3 Å². The topological polar surface area (TPSA) is 57.5 Å². The Balaban J connectivity index is 2.05. The van der Waals surface area contributed by atoms with Gasteiger partial charge >= 0.3 is 5.97 Å². The van der Waals surface area contributed by atoms with Gasteiger partial charge in [0.25, 0.3) is 0 Å². The summed E-state index contributed by atoms with van der Waals surface area (Å²) in [4.78, 5) is 12.0. The van der Waals surface area contributed by atoms with Crippen LogP contribution in [0.5, 0.6) is 0 Å². The average Bonchev–Trinajstić information content (AvgIpc) is 2.50. The normalized spacial score (nSPS) is 49.6. The molecule has 3 nitrogen and oxygen atoms in total. The van der Waals surface area contributed by atoms with Crippen molar-refractivity contribution < 1.29 is 15.0 Å². The molecule has 0 heterocycles. The molecule has 3 heteroatoms. The van der Waals surface area contributed by atoms with Crippen LogP contribution in [-0.4, -0.2) is 22.3 Å². The van der Waals surface area contributed by atoms with E-state index in [1.54, 1.807) is 0 Å². The molecule has 0 unspecified atom stereocenters. The summed E-state index contributed by atoms with van der Waals surface area (Å²) in [5.41, 5.74) is 0.380. The van der Waals surface area contributed by atoms with E-state index in [1.165, 1.54) is 0 Å². The second kappa shape index (κ2) is 5.20. The van der Waals surface area contributed by atoms with Crippen molar-refractivity contribution >= 4 is 5.97 Å². The van der Waals surface area contributed by atoms with Crippen molar-refractivity contribution in [3.05, 3.63) is 24.3 Å². The second-order valence-corrected chi connectivity index (χ2v) is 8.83. The Kier molecular flexibility index (Phi) is 3.79. The number of carboxylic acid groups (broad SMARTS) is 1. The highest BCUT2D eigenvalue weighted by Gasteiger charge is 2.60. The molecular weight excluding hydrogens is 288 g/mol. The minimum atomic E-state index is -0.710. The summed E-state index contributed by atoms with van der Waals surface area (Å²) in [5.74, 6) is -0.338. The Bertz CT molecular complexity index is 565. The van der Waals surface area contributed by atoms with Gasteiger partial charge in [0.15, 0.2) is 0 Å². The molecular formula is C20H30O3. The maximum absolute atomic E-state index is 12.0. The van der Waals surface area contributed by atoms with Crippen LogP contribution in [0.4, 0.5) is 0 Å². The van der Waals surface area contributed by atoms with Gasteiger partial charge in [-0.3, -0.25) is 4.79 Å². The summed E-state index contributed by atoms with van der Waals surface area (Å²) in [7, 11) is 0. The number of allylic oxidation sites excluding steroid dienone is 2. The molecule has 0 aromatic heterocycles. The van der Waals surface area contributed by atoms with Crippen LogP contribution in [0, 0.1) is 28.1 Å². The summed E-state index contributed by atoms with van der Waals surface area (Å²) in [6, 6.07) is 0. The Hall–Kier alpha value is -1.09. The fourth-order valence-corrected chi connectivity index (χ4v) is 5.85. The molecule has 3 aliphatic carbocycles. The van der Waals surface area contributed by atoms with E-state index in [0.29, 0.717) is 12.3 Å². The number of hydrogen-bond donors (Lipinski definition) is 2. The van der Waals surface area contributed by atoms with Gasteiger partial charge < -0.3 is 10.2 Å². The van der Waals surface area contributed by atoms with Crippen LogP contribution >= 0.6 is 0 Å². The number of hydrogen-bond acceptors (Lipinski definition) is 2. The van der Waals surface area contributed by atoms with Crippen LogP contribution in [0.2, 0.25) is 0 Å². The van der Waals surface area contributed by atoms with Crippen molar-refractivity contribution in [1.29, 1.82) is 0 Å². The second-order valence-electron chi connectivity index (χ2n) is 8.83. The maximum Gasteiger partial charge on any atom is 0.309 e. The molecule has 2 fully saturated rings. The van der Waals surface area contributed by atoms with Gasteiger partial charge in [0.1, 0.15) is 0 Å². The summed E-state index contributed by atoms with van der Waals surface area (Å²) >= 11 is 0. The first-order valence-corrected chi connectivity index (χ1v) is 8.94. The average molecular weight is 318 g/mol. The number of rotatable bonds is 2. The van der Waals surface area contributed by atoms with E-state index in [1.807, 2.05) is 13.0 Å². The lowest BCUT2D eigenvalue weighted by Crippen LogP contribution is -2.57. The minimum absolute atomic E-state index is 0.0149. The van der Waals surface area contributed by atoms with Crippen molar-refractivity contribution in [3.63, 3.8) is 0 Å². The summed E-state index contributed by atoms with van der Waals surface area (Å²) in [5, 5.41) is 20.6. The van der Waals surface area contributed by atoms with Gasteiger partial charge in [-0.25, -0.2) is 0 Å². The van der Waals surface area contributed by atoms with Gasteiger partial charge in [-0.05, 0) is 61.9 Å². The van der Waals surface area contributed by atoms with Crippen LogP contribution in [0.25, 0.3) is 0 Å². The highest BCUT2D eigenvalue weighted by Crippen LogP contribution is 2.63. The van der Waals surface area contributed by atoms with Crippen LogP contribution in [0.3, 0.4) is 0 Å². The fraction of sp³-hybridized carbons (Fsp3) is 0.750. The van der Waals surface area contributed by atoms with Crippen molar-refractivity contribution in [2.75, 3.05) is 0 Å². The van der Waals surface area contributed by atoms with Gasteiger partial charge in [0.05, 0.1) is 11.5 Å². The zero-order valence-corrected chi connectivity index (χ0v) is 14.6. The lowest BCUT2D eigenvalue weighted by atomic mass is 9.44. The molecule has 6 atom stereocenters. The number of aliphatic hydroxyl groups excluding tert-OH is 1. The van der Waals surface area contributed by atoms with E-state index in [9.17, 15) is 15.0 Å². The van der Waals surface area contributed by atoms with Crippen LogP contribution in [-0.2, 0) is 4.79 Å². The first-order valence-electron chi connectivity index (χ1n) is 8.94. The van der Waals surface area contributed by atoms with E-state index >= 15 is 0 Å². The van der Waals surface area contributed by atoms with Crippen LogP contribution < -0.4 is 0 Å². The third-order valence-corrected chi connectivity index (χ3v) is 7.44. The Morgan fingerprint density at radius 2 is 2.00 bits per heavy atom. The number of carboxylic acids is 1.